The number of nitrogens with zero attached hydrogens (tertiary/aromatic N) is 1. The molecule has 5 heteroatoms. The summed E-state index contributed by atoms with van der Waals surface area (Å²) in [5, 5.41) is 13.9. The van der Waals surface area contributed by atoms with Crippen molar-refractivity contribution >= 4 is 22.1 Å². The first kappa shape index (κ1) is 19.3. The average molecular weight is 344 g/mol. The van der Waals surface area contributed by atoms with Crippen molar-refractivity contribution < 1.29 is 9.94 Å². The second-order valence-electron chi connectivity index (χ2n) is 6.82. The fourth-order valence-corrected chi connectivity index (χ4v) is 2.91. The number of nitrogens with one attached hydrogen (secondary N) is 1. The molecule has 5 nitrogen and oxygen atoms in total. The largest absolute Gasteiger partial charge is 0.374 e. The smallest absolute Gasteiger partial charge is 0.115 e. The highest BCUT2D eigenvalue weighted by molar-refractivity contribution is 6.01. The molecule has 0 aliphatic carbocycles. The molecule has 0 saturated carbocycles. The highest BCUT2D eigenvalue weighted by Gasteiger charge is 2.15. The van der Waals surface area contributed by atoms with Gasteiger partial charge >= 0.3 is 0 Å². The number of hydrogen-bond acceptors (Lipinski definition) is 5. The lowest BCUT2D eigenvalue weighted by Gasteiger charge is -2.20. The van der Waals surface area contributed by atoms with E-state index in [0.29, 0.717) is 17.3 Å². The minimum Gasteiger partial charge on any atom is -0.374 e. The van der Waals surface area contributed by atoms with Gasteiger partial charge in [0, 0.05) is 17.4 Å². The van der Waals surface area contributed by atoms with E-state index in [0.717, 1.165) is 48.6 Å². The minimum atomic E-state index is 0.00773. The van der Waals surface area contributed by atoms with E-state index in [1.54, 1.807) is 12.1 Å². The summed E-state index contributed by atoms with van der Waals surface area (Å²) in [6.45, 7) is 7.26. The summed E-state index contributed by atoms with van der Waals surface area (Å²) < 4.78 is 6.15. The van der Waals surface area contributed by atoms with Crippen LogP contribution in [0.1, 0.15) is 58.1 Å². The molecule has 0 aromatic heterocycles. The van der Waals surface area contributed by atoms with Gasteiger partial charge in [0.05, 0.1) is 11.8 Å². The first-order valence-corrected chi connectivity index (χ1v) is 9.02. The van der Waals surface area contributed by atoms with Crippen LogP contribution >= 0.6 is 0 Å². The molecule has 0 aliphatic heterocycles. The predicted octanol–water partition coefficient (Wildman–Crippen LogP) is 6.33. The molecule has 0 aliphatic rings. The molecule has 2 aromatic rings. The quantitative estimate of drug-likeness (QED) is 0.390. The standard InChI is InChI=1S/C20H28N2O3/c1-4-5-6-20(25-12-11-14(2)3)15-7-8-16-17(13-15)19(22-24)10-9-18(16)21-23/h7-10,13-14,20-21,23H,4-6,11-12H2,1-3H3. The Morgan fingerprint density at radius 2 is 1.96 bits per heavy atom. The van der Waals surface area contributed by atoms with Crippen molar-refractivity contribution in [3.05, 3.63) is 40.8 Å². The summed E-state index contributed by atoms with van der Waals surface area (Å²) in [7, 11) is 0. The SMILES string of the molecule is CCCCC(OCCC(C)C)c1ccc2c(NO)ccc(N=O)c2c1. The fraction of sp³-hybridized carbons (Fsp3) is 0.500. The van der Waals surface area contributed by atoms with Crippen molar-refractivity contribution in [2.45, 2.75) is 52.6 Å². The molecule has 136 valence electrons. The van der Waals surface area contributed by atoms with Gasteiger partial charge in [0.15, 0.2) is 0 Å². The van der Waals surface area contributed by atoms with Crippen LogP contribution in [-0.4, -0.2) is 11.8 Å². The van der Waals surface area contributed by atoms with Crippen molar-refractivity contribution in [3.63, 3.8) is 0 Å². The van der Waals surface area contributed by atoms with Gasteiger partial charge in [-0.05, 0) is 47.7 Å². The average Bonchev–Trinajstić information content (AvgIpc) is 2.62. The zero-order valence-electron chi connectivity index (χ0n) is 15.3. The van der Waals surface area contributed by atoms with Gasteiger partial charge in [0.2, 0.25) is 0 Å². The first-order chi connectivity index (χ1) is 12.1. The molecule has 0 spiro atoms. The van der Waals surface area contributed by atoms with E-state index >= 15 is 0 Å². The number of hydrogen-bond donors (Lipinski definition) is 2. The molecular weight excluding hydrogens is 316 g/mol. The summed E-state index contributed by atoms with van der Waals surface area (Å²) in [6.07, 6.45) is 4.17. The van der Waals surface area contributed by atoms with E-state index in [9.17, 15) is 10.1 Å². The maximum Gasteiger partial charge on any atom is 0.115 e. The van der Waals surface area contributed by atoms with Crippen LogP contribution in [-0.2, 0) is 4.74 Å². The molecule has 1 unspecified atom stereocenters. The van der Waals surface area contributed by atoms with Crippen LogP contribution in [0, 0.1) is 10.8 Å². The van der Waals surface area contributed by atoms with Crippen LogP contribution < -0.4 is 5.48 Å². The third-order valence-electron chi connectivity index (χ3n) is 4.44. The molecule has 2 rings (SSSR count). The molecule has 0 radical (unpaired) electrons. The Bertz CT molecular complexity index is 701. The van der Waals surface area contributed by atoms with Gasteiger partial charge in [-0.3, -0.25) is 10.7 Å². The lowest BCUT2D eigenvalue weighted by molar-refractivity contribution is 0.0387. The van der Waals surface area contributed by atoms with E-state index in [1.807, 2.05) is 18.2 Å². The maximum absolute atomic E-state index is 11.2. The number of fused-ring (bicyclic) bond motifs is 1. The molecule has 0 bridgehead atoms. The van der Waals surface area contributed by atoms with Crippen molar-refractivity contribution in [2.75, 3.05) is 12.1 Å². The Labute approximate surface area is 149 Å². The second-order valence-corrected chi connectivity index (χ2v) is 6.82. The third kappa shape index (κ3) is 5.00. The summed E-state index contributed by atoms with van der Waals surface area (Å²) in [5.74, 6) is 0.604. The molecule has 0 saturated heterocycles. The van der Waals surface area contributed by atoms with Crippen LogP contribution in [0.4, 0.5) is 11.4 Å². The summed E-state index contributed by atoms with van der Waals surface area (Å²) in [4.78, 5) is 11.2. The Morgan fingerprint density at radius 1 is 1.16 bits per heavy atom. The third-order valence-corrected chi connectivity index (χ3v) is 4.44. The molecule has 2 aromatic carbocycles. The normalized spacial score (nSPS) is 12.5. The van der Waals surface area contributed by atoms with Crippen LogP contribution in [0.2, 0.25) is 0 Å². The monoisotopic (exact) mass is 344 g/mol. The number of anilines is 1. The molecule has 0 amide bonds. The number of unbranched alkanes of at least 4 members (excludes halogenated alkanes) is 1. The lowest BCUT2D eigenvalue weighted by Crippen LogP contribution is -2.08. The summed E-state index contributed by atoms with van der Waals surface area (Å²) >= 11 is 0. The number of ether oxygens (including phenoxy) is 1. The van der Waals surface area contributed by atoms with Gasteiger partial charge in [-0.2, -0.15) is 0 Å². The van der Waals surface area contributed by atoms with Crippen molar-refractivity contribution in [1.29, 1.82) is 0 Å². The van der Waals surface area contributed by atoms with Gasteiger partial charge in [-0.25, -0.2) is 0 Å². The Kier molecular flexibility index (Phi) is 7.34. The topological polar surface area (TPSA) is 70.9 Å². The number of rotatable bonds is 10. The first-order valence-electron chi connectivity index (χ1n) is 9.02. The number of benzene rings is 2. The minimum absolute atomic E-state index is 0.00773. The van der Waals surface area contributed by atoms with Gasteiger partial charge < -0.3 is 4.74 Å². The van der Waals surface area contributed by atoms with E-state index in [-0.39, 0.29) is 6.10 Å². The van der Waals surface area contributed by atoms with Crippen LogP contribution in [0.15, 0.2) is 35.5 Å². The lowest BCUT2D eigenvalue weighted by atomic mass is 9.98. The van der Waals surface area contributed by atoms with Crippen molar-refractivity contribution in [2.24, 2.45) is 11.1 Å². The van der Waals surface area contributed by atoms with Gasteiger partial charge in [-0.1, -0.05) is 45.7 Å². The van der Waals surface area contributed by atoms with Gasteiger partial charge in [0.25, 0.3) is 0 Å². The highest BCUT2D eigenvalue weighted by Crippen LogP contribution is 2.35. The van der Waals surface area contributed by atoms with Crippen LogP contribution in [0.25, 0.3) is 10.8 Å². The van der Waals surface area contributed by atoms with E-state index in [2.05, 4.69) is 31.4 Å². The van der Waals surface area contributed by atoms with Crippen LogP contribution in [0.5, 0.6) is 0 Å². The zero-order chi connectivity index (χ0) is 18.2. The number of nitroso groups, excluding NO2 is 1. The van der Waals surface area contributed by atoms with E-state index in [1.165, 1.54) is 0 Å². The zero-order valence-corrected chi connectivity index (χ0v) is 15.3. The second kappa shape index (κ2) is 9.49. The predicted molar refractivity (Wildman–Crippen MR) is 102 cm³/mol. The molecule has 25 heavy (non-hydrogen) atoms. The highest BCUT2D eigenvalue weighted by atomic mass is 16.5. The molecule has 0 heterocycles. The van der Waals surface area contributed by atoms with Crippen molar-refractivity contribution in [3.8, 4) is 0 Å². The molecule has 0 fully saturated rings. The summed E-state index contributed by atoms with van der Waals surface area (Å²) in [6, 6.07) is 9.13. The fourth-order valence-electron chi connectivity index (χ4n) is 2.91. The van der Waals surface area contributed by atoms with E-state index < -0.39 is 0 Å². The Hall–Kier alpha value is -1.98. The maximum atomic E-state index is 11.2. The van der Waals surface area contributed by atoms with Gasteiger partial charge in [-0.15, -0.1) is 4.91 Å². The van der Waals surface area contributed by atoms with Crippen molar-refractivity contribution in [1.82, 2.24) is 0 Å². The molecule has 1 atom stereocenters. The summed E-state index contributed by atoms with van der Waals surface area (Å²) in [5.41, 5.74) is 4.15. The molecular formula is C20H28N2O3. The Morgan fingerprint density at radius 3 is 2.60 bits per heavy atom. The molecule has 2 N–H and O–H groups in total. The van der Waals surface area contributed by atoms with Gasteiger partial charge in [0.1, 0.15) is 5.69 Å². The van der Waals surface area contributed by atoms with Crippen LogP contribution in [0.3, 0.4) is 0 Å². The van der Waals surface area contributed by atoms with E-state index in [4.69, 9.17) is 4.74 Å². The Balaban J connectivity index is 2.35.